The van der Waals surface area contributed by atoms with Crippen molar-refractivity contribution >= 4 is 22.4 Å². The molecular formula is C21H16N4O. The fourth-order valence-electron chi connectivity index (χ4n) is 3.09. The zero-order valence-electron chi connectivity index (χ0n) is 14.2. The maximum Gasteiger partial charge on any atom is 0.188 e. The van der Waals surface area contributed by atoms with Crippen LogP contribution in [0.25, 0.3) is 32.6 Å². The quantitative estimate of drug-likeness (QED) is 0.543. The van der Waals surface area contributed by atoms with Gasteiger partial charge in [0.15, 0.2) is 5.69 Å². The van der Waals surface area contributed by atoms with Crippen LogP contribution in [0.2, 0.25) is 0 Å². The van der Waals surface area contributed by atoms with E-state index in [0.717, 1.165) is 33.5 Å². The summed E-state index contributed by atoms with van der Waals surface area (Å²) in [7, 11) is 1.65. The number of anilines is 1. The summed E-state index contributed by atoms with van der Waals surface area (Å²) in [6, 6.07) is 17.4. The zero-order chi connectivity index (χ0) is 18.1. The number of pyridine rings is 1. The fourth-order valence-corrected chi connectivity index (χ4v) is 3.09. The molecule has 2 aromatic heterocycles. The molecule has 0 saturated heterocycles. The van der Waals surface area contributed by atoms with Gasteiger partial charge < -0.3 is 15.0 Å². The Morgan fingerprint density at radius 2 is 1.88 bits per heavy atom. The van der Waals surface area contributed by atoms with E-state index in [0.29, 0.717) is 11.5 Å². The first kappa shape index (κ1) is 15.7. The van der Waals surface area contributed by atoms with Gasteiger partial charge in [-0.3, -0.25) is 0 Å². The number of fused-ring (bicyclic) bond motifs is 1. The number of rotatable bonds is 3. The molecule has 126 valence electrons. The Balaban J connectivity index is 1.98. The van der Waals surface area contributed by atoms with E-state index in [1.165, 1.54) is 0 Å². The molecule has 2 heterocycles. The van der Waals surface area contributed by atoms with Gasteiger partial charge in [-0.1, -0.05) is 6.07 Å². The van der Waals surface area contributed by atoms with E-state index in [1.807, 2.05) is 54.6 Å². The molecule has 5 heteroatoms. The topological polar surface area (TPSA) is 57.4 Å². The van der Waals surface area contributed by atoms with Crippen LogP contribution in [-0.2, 0) is 0 Å². The van der Waals surface area contributed by atoms with Crippen LogP contribution in [-0.4, -0.2) is 16.7 Å². The number of hydrogen-bond donors (Lipinski definition) is 1. The molecule has 0 bridgehead atoms. The Morgan fingerprint density at radius 3 is 2.58 bits per heavy atom. The van der Waals surface area contributed by atoms with Crippen LogP contribution >= 0.6 is 0 Å². The minimum absolute atomic E-state index is 0.467. The predicted octanol–water partition coefficient (Wildman–Crippen LogP) is 4.83. The first-order chi connectivity index (χ1) is 12.7. The Hall–Kier alpha value is -3.78. The highest BCUT2D eigenvalue weighted by Crippen LogP contribution is 2.35. The second-order valence-electron chi connectivity index (χ2n) is 5.89. The molecule has 0 fully saturated rings. The standard InChI is InChI=1S/C21H16N4O/c1-23-15-3-8-20-18(12-15)19(14-9-10-24-21(22)11-14)13-25(20)16-4-6-17(26-2)7-5-16/h3-13H,2H3,(H2,22,24). The van der Waals surface area contributed by atoms with E-state index in [-0.39, 0.29) is 0 Å². The lowest BCUT2D eigenvalue weighted by atomic mass is 10.1. The molecule has 2 aromatic carbocycles. The second kappa shape index (κ2) is 6.26. The molecule has 0 amide bonds. The van der Waals surface area contributed by atoms with Crippen molar-refractivity contribution in [3.63, 3.8) is 0 Å². The first-order valence-corrected chi connectivity index (χ1v) is 8.08. The predicted molar refractivity (Wildman–Crippen MR) is 104 cm³/mol. The molecule has 0 unspecified atom stereocenters. The minimum atomic E-state index is 0.467. The van der Waals surface area contributed by atoms with Crippen LogP contribution < -0.4 is 10.5 Å². The molecule has 0 radical (unpaired) electrons. The summed E-state index contributed by atoms with van der Waals surface area (Å²) < 4.78 is 7.35. The van der Waals surface area contributed by atoms with Crippen molar-refractivity contribution in [3.8, 4) is 22.6 Å². The van der Waals surface area contributed by atoms with E-state index in [9.17, 15) is 0 Å². The summed E-state index contributed by atoms with van der Waals surface area (Å²) in [5, 5.41) is 1.000. The van der Waals surface area contributed by atoms with Crippen molar-refractivity contribution in [2.24, 2.45) is 0 Å². The molecule has 0 atom stereocenters. The van der Waals surface area contributed by atoms with Gasteiger partial charge in [-0.15, -0.1) is 0 Å². The number of nitrogens with two attached hydrogens (primary N) is 1. The summed E-state index contributed by atoms with van der Waals surface area (Å²) in [4.78, 5) is 7.64. The lowest BCUT2D eigenvalue weighted by molar-refractivity contribution is 0.415. The Kier molecular flexibility index (Phi) is 3.79. The smallest absolute Gasteiger partial charge is 0.188 e. The Labute approximate surface area is 151 Å². The third-order valence-corrected chi connectivity index (χ3v) is 4.36. The molecule has 0 spiro atoms. The van der Waals surface area contributed by atoms with Gasteiger partial charge >= 0.3 is 0 Å². The summed E-state index contributed by atoms with van der Waals surface area (Å²) >= 11 is 0. The number of nitrogens with zero attached hydrogens (tertiary/aromatic N) is 3. The molecule has 26 heavy (non-hydrogen) atoms. The monoisotopic (exact) mass is 340 g/mol. The summed E-state index contributed by atoms with van der Waals surface area (Å²) in [5.74, 6) is 1.27. The Morgan fingerprint density at radius 1 is 1.08 bits per heavy atom. The van der Waals surface area contributed by atoms with Crippen LogP contribution in [0.5, 0.6) is 5.75 Å². The number of hydrogen-bond acceptors (Lipinski definition) is 3. The number of benzene rings is 2. The Bertz CT molecular complexity index is 1140. The lowest BCUT2D eigenvalue weighted by Gasteiger charge is -2.06. The molecular weight excluding hydrogens is 324 g/mol. The highest BCUT2D eigenvalue weighted by atomic mass is 16.5. The fraction of sp³-hybridized carbons (Fsp3) is 0.0476. The van der Waals surface area contributed by atoms with E-state index in [4.69, 9.17) is 17.0 Å². The van der Waals surface area contributed by atoms with E-state index in [2.05, 4.69) is 20.6 Å². The van der Waals surface area contributed by atoms with Crippen LogP contribution in [0, 0.1) is 6.57 Å². The number of aromatic nitrogens is 2. The number of ether oxygens (including phenoxy) is 1. The maximum absolute atomic E-state index is 7.32. The van der Waals surface area contributed by atoms with Crippen molar-refractivity contribution in [3.05, 3.63) is 78.4 Å². The van der Waals surface area contributed by atoms with E-state index >= 15 is 0 Å². The highest BCUT2D eigenvalue weighted by molar-refractivity contribution is 5.99. The average molecular weight is 340 g/mol. The van der Waals surface area contributed by atoms with Crippen molar-refractivity contribution in [2.45, 2.75) is 0 Å². The first-order valence-electron chi connectivity index (χ1n) is 8.08. The largest absolute Gasteiger partial charge is 0.497 e. The van der Waals surface area contributed by atoms with Crippen molar-refractivity contribution in [1.29, 1.82) is 0 Å². The van der Waals surface area contributed by atoms with Gasteiger partial charge in [-0.05, 0) is 59.5 Å². The van der Waals surface area contributed by atoms with Crippen LogP contribution in [0.4, 0.5) is 11.5 Å². The number of nitrogen functional groups attached to an aromatic ring is 1. The van der Waals surface area contributed by atoms with Gasteiger partial charge in [-0.2, -0.15) is 0 Å². The summed E-state index contributed by atoms with van der Waals surface area (Å²) in [6.07, 6.45) is 3.76. The minimum Gasteiger partial charge on any atom is -0.497 e. The molecule has 0 aliphatic heterocycles. The average Bonchev–Trinajstić information content (AvgIpc) is 3.06. The third-order valence-electron chi connectivity index (χ3n) is 4.36. The summed E-state index contributed by atoms with van der Waals surface area (Å²) in [6.45, 7) is 7.32. The van der Waals surface area contributed by atoms with E-state index in [1.54, 1.807) is 13.3 Å². The molecule has 5 nitrogen and oxygen atoms in total. The molecule has 2 N–H and O–H groups in total. The molecule has 4 rings (SSSR count). The highest BCUT2D eigenvalue weighted by Gasteiger charge is 2.13. The number of methoxy groups -OCH3 is 1. The molecule has 0 saturated carbocycles. The van der Waals surface area contributed by atoms with Gasteiger partial charge in [0.05, 0.1) is 19.2 Å². The van der Waals surface area contributed by atoms with Crippen LogP contribution in [0.15, 0.2) is 67.0 Å². The molecule has 0 aliphatic carbocycles. The van der Waals surface area contributed by atoms with Crippen LogP contribution in [0.3, 0.4) is 0 Å². The maximum atomic E-state index is 7.32. The SMILES string of the molecule is [C-]#[N+]c1ccc2c(c1)c(-c1ccnc(N)c1)cn2-c1ccc(OC)cc1. The van der Waals surface area contributed by atoms with Gasteiger partial charge in [0.2, 0.25) is 0 Å². The van der Waals surface area contributed by atoms with Gasteiger partial charge in [-0.25, -0.2) is 9.83 Å². The van der Waals surface area contributed by atoms with Gasteiger partial charge in [0, 0.05) is 23.6 Å². The summed E-state index contributed by atoms with van der Waals surface area (Å²) in [5.41, 5.74) is 10.5. The van der Waals surface area contributed by atoms with Crippen molar-refractivity contribution in [1.82, 2.24) is 9.55 Å². The van der Waals surface area contributed by atoms with Crippen molar-refractivity contribution in [2.75, 3.05) is 12.8 Å². The molecule has 0 aliphatic rings. The van der Waals surface area contributed by atoms with Crippen LogP contribution in [0.1, 0.15) is 0 Å². The lowest BCUT2D eigenvalue weighted by Crippen LogP contribution is -1.92. The zero-order valence-corrected chi connectivity index (χ0v) is 14.2. The normalized spacial score (nSPS) is 10.6. The van der Waals surface area contributed by atoms with Crippen molar-refractivity contribution < 1.29 is 4.74 Å². The van der Waals surface area contributed by atoms with Gasteiger partial charge in [0.1, 0.15) is 11.6 Å². The second-order valence-corrected chi connectivity index (χ2v) is 5.89. The van der Waals surface area contributed by atoms with Gasteiger partial charge in [0.25, 0.3) is 0 Å². The van der Waals surface area contributed by atoms with E-state index < -0.39 is 0 Å². The molecule has 4 aromatic rings. The third kappa shape index (κ3) is 2.64.